The maximum atomic E-state index is 13.3. The Morgan fingerprint density at radius 1 is 1.19 bits per heavy atom. The van der Waals surface area contributed by atoms with E-state index >= 15 is 0 Å². The second-order valence-corrected chi connectivity index (χ2v) is 6.82. The van der Waals surface area contributed by atoms with Gasteiger partial charge in [0.1, 0.15) is 11.6 Å². The number of aryl methyl sites for hydroxylation is 1. The lowest BCUT2D eigenvalue weighted by Crippen LogP contribution is -1.96. The lowest BCUT2D eigenvalue weighted by Gasteiger charge is -2.02. The van der Waals surface area contributed by atoms with Gasteiger partial charge in [0.2, 0.25) is 0 Å². The molecule has 7 heteroatoms. The van der Waals surface area contributed by atoms with Crippen molar-refractivity contribution in [3.8, 4) is 11.4 Å². The van der Waals surface area contributed by atoms with Gasteiger partial charge in [-0.15, -0.1) is 0 Å². The molecular formula is C14H12FN3O2S. The molecule has 0 unspecified atom stereocenters. The molecule has 0 N–H and O–H groups in total. The average molecular weight is 305 g/mol. The SMILES string of the molecule is Cn1c(-c2cncc(F)c2)nc2cc(S(C)(=O)=O)ccc21. The molecule has 0 bridgehead atoms. The summed E-state index contributed by atoms with van der Waals surface area (Å²) in [5, 5.41) is 0. The Labute approximate surface area is 121 Å². The Kier molecular flexibility index (Phi) is 3.02. The third kappa shape index (κ3) is 2.40. The van der Waals surface area contributed by atoms with Crippen LogP contribution in [0.25, 0.3) is 22.4 Å². The number of hydrogen-bond acceptors (Lipinski definition) is 4. The predicted octanol–water partition coefficient (Wildman–Crippen LogP) is 2.18. The van der Waals surface area contributed by atoms with E-state index in [0.717, 1.165) is 18.0 Å². The molecule has 5 nitrogen and oxygen atoms in total. The summed E-state index contributed by atoms with van der Waals surface area (Å²) in [5.41, 5.74) is 1.84. The van der Waals surface area contributed by atoms with E-state index in [-0.39, 0.29) is 4.90 Å². The minimum Gasteiger partial charge on any atom is -0.327 e. The predicted molar refractivity (Wildman–Crippen MR) is 77.0 cm³/mol. The molecule has 0 saturated heterocycles. The topological polar surface area (TPSA) is 64.8 Å². The molecule has 3 aromatic rings. The van der Waals surface area contributed by atoms with Crippen LogP contribution in [-0.2, 0) is 16.9 Å². The zero-order valence-corrected chi connectivity index (χ0v) is 12.2. The molecule has 0 atom stereocenters. The van der Waals surface area contributed by atoms with Crippen LogP contribution in [0.1, 0.15) is 0 Å². The average Bonchev–Trinajstić information content (AvgIpc) is 2.75. The van der Waals surface area contributed by atoms with Crippen molar-refractivity contribution in [3.05, 3.63) is 42.5 Å². The standard InChI is InChI=1S/C14H12FN3O2S/c1-18-13-4-3-11(21(2,19)20)6-12(13)17-14(18)9-5-10(15)8-16-7-9/h3-8H,1-2H3. The molecule has 0 fully saturated rings. The normalized spacial score (nSPS) is 12.0. The lowest BCUT2D eigenvalue weighted by atomic mass is 10.2. The second-order valence-electron chi connectivity index (χ2n) is 4.81. The fraction of sp³-hybridized carbons (Fsp3) is 0.143. The van der Waals surface area contributed by atoms with Crippen molar-refractivity contribution in [1.29, 1.82) is 0 Å². The molecule has 0 aliphatic carbocycles. The van der Waals surface area contributed by atoms with Crippen LogP contribution in [0.2, 0.25) is 0 Å². The van der Waals surface area contributed by atoms with Crippen LogP contribution < -0.4 is 0 Å². The molecule has 1 aromatic carbocycles. The van der Waals surface area contributed by atoms with E-state index in [4.69, 9.17) is 0 Å². The van der Waals surface area contributed by atoms with Gasteiger partial charge in [0.25, 0.3) is 0 Å². The molecular weight excluding hydrogens is 293 g/mol. The Bertz CT molecular complexity index is 948. The smallest absolute Gasteiger partial charge is 0.175 e. The molecule has 108 valence electrons. The maximum absolute atomic E-state index is 13.3. The number of sulfone groups is 1. The number of halogens is 1. The number of hydrogen-bond donors (Lipinski definition) is 0. The Morgan fingerprint density at radius 3 is 2.62 bits per heavy atom. The second kappa shape index (κ2) is 4.63. The summed E-state index contributed by atoms with van der Waals surface area (Å²) in [6.45, 7) is 0. The van der Waals surface area contributed by atoms with Crippen molar-refractivity contribution >= 4 is 20.9 Å². The fourth-order valence-electron chi connectivity index (χ4n) is 2.20. The number of aromatic nitrogens is 3. The third-order valence-electron chi connectivity index (χ3n) is 3.24. The van der Waals surface area contributed by atoms with Crippen molar-refractivity contribution in [2.24, 2.45) is 7.05 Å². The molecule has 0 spiro atoms. The van der Waals surface area contributed by atoms with E-state index in [1.807, 2.05) is 0 Å². The summed E-state index contributed by atoms with van der Waals surface area (Å²) in [7, 11) is -1.50. The highest BCUT2D eigenvalue weighted by Crippen LogP contribution is 2.25. The third-order valence-corrected chi connectivity index (χ3v) is 4.35. The molecule has 0 amide bonds. The zero-order chi connectivity index (χ0) is 15.2. The van der Waals surface area contributed by atoms with Crippen LogP contribution in [0.15, 0.2) is 41.6 Å². The van der Waals surface area contributed by atoms with E-state index in [0.29, 0.717) is 16.9 Å². The van der Waals surface area contributed by atoms with Gasteiger partial charge in [-0.1, -0.05) is 0 Å². The first-order chi connectivity index (χ1) is 9.86. The Hall–Kier alpha value is -2.28. The highest BCUT2D eigenvalue weighted by molar-refractivity contribution is 7.90. The largest absolute Gasteiger partial charge is 0.327 e. The van der Waals surface area contributed by atoms with E-state index in [2.05, 4.69) is 9.97 Å². The number of imidazole rings is 1. The van der Waals surface area contributed by atoms with E-state index in [1.165, 1.54) is 24.4 Å². The van der Waals surface area contributed by atoms with Gasteiger partial charge in [-0.05, 0) is 24.3 Å². The van der Waals surface area contributed by atoms with Gasteiger partial charge in [0.15, 0.2) is 9.84 Å². The minimum atomic E-state index is -3.29. The zero-order valence-electron chi connectivity index (χ0n) is 11.4. The number of fused-ring (bicyclic) bond motifs is 1. The summed E-state index contributed by atoms with van der Waals surface area (Å²) < 4.78 is 38.2. The summed E-state index contributed by atoms with van der Waals surface area (Å²) >= 11 is 0. The van der Waals surface area contributed by atoms with Gasteiger partial charge in [0.05, 0.1) is 22.1 Å². The highest BCUT2D eigenvalue weighted by Gasteiger charge is 2.14. The highest BCUT2D eigenvalue weighted by atomic mass is 32.2. The van der Waals surface area contributed by atoms with Crippen LogP contribution in [0, 0.1) is 5.82 Å². The fourth-order valence-corrected chi connectivity index (χ4v) is 2.84. The van der Waals surface area contributed by atoms with Crippen LogP contribution in [0.4, 0.5) is 4.39 Å². The van der Waals surface area contributed by atoms with Gasteiger partial charge >= 0.3 is 0 Å². The monoisotopic (exact) mass is 305 g/mol. The van der Waals surface area contributed by atoms with Crippen molar-refractivity contribution in [3.63, 3.8) is 0 Å². The first kappa shape index (κ1) is 13.7. The van der Waals surface area contributed by atoms with Crippen molar-refractivity contribution in [1.82, 2.24) is 14.5 Å². The van der Waals surface area contributed by atoms with Gasteiger partial charge in [0, 0.05) is 25.1 Å². The molecule has 0 radical (unpaired) electrons. The summed E-state index contributed by atoms with van der Waals surface area (Å²) in [5.74, 6) is 0.0824. The molecule has 2 aromatic heterocycles. The van der Waals surface area contributed by atoms with E-state index < -0.39 is 15.7 Å². The summed E-state index contributed by atoms with van der Waals surface area (Å²) in [6.07, 6.45) is 3.78. The number of rotatable bonds is 2. The number of benzene rings is 1. The maximum Gasteiger partial charge on any atom is 0.175 e. The number of nitrogens with zero attached hydrogens (tertiary/aromatic N) is 3. The van der Waals surface area contributed by atoms with Crippen molar-refractivity contribution in [2.45, 2.75) is 4.90 Å². The molecule has 0 saturated carbocycles. The summed E-state index contributed by atoms with van der Waals surface area (Å²) in [4.78, 5) is 8.40. The molecule has 0 aliphatic rings. The van der Waals surface area contributed by atoms with E-state index in [1.54, 1.807) is 17.7 Å². The van der Waals surface area contributed by atoms with Gasteiger partial charge < -0.3 is 4.57 Å². The summed E-state index contributed by atoms with van der Waals surface area (Å²) in [6, 6.07) is 6.08. The first-order valence-electron chi connectivity index (χ1n) is 6.14. The minimum absolute atomic E-state index is 0.206. The van der Waals surface area contributed by atoms with Crippen molar-refractivity contribution < 1.29 is 12.8 Å². The van der Waals surface area contributed by atoms with Crippen molar-refractivity contribution in [2.75, 3.05) is 6.26 Å². The van der Waals surface area contributed by atoms with Gasteiger partial charge in [-0.2, -0.15) is 0 Å². The van der Waals surface area contributed by atoms with Crippen LogP contribution in [0.5, 0.6) is 0 Å². The Balaban J connectivity index is 2.24. The molecule has 0 aliphatic heterocycles. The first-order valence-corrected chi connectivity index (χ1v) is 8.03. The Morgan fingerprint density at radius 2 is 1.95 bits per heavy atom. The van der Waals surface area contributed by atoms with Crippen LogP contribution in [0.3, 0.4) is 0 Å². The molecule has 2 heterocycles. The quantitative estimate of drug-likeness (QED) is 0.728. The van der Waals surface area contributed by atoms with Gasteiger partial charge in [-0.3, -0.25) is 4.98 Å². The lowest BCUT2D eigenvalue weighted by molar-refractivity contribution is 0.602. The van der Waals surface area contributed by atoms with Crippen LogP contribution in [-0.4, -0.2) is 29.2 Å². The molecule has 21 heavy (non-hydrogen) atoms. The molecule has 3 rings (SSSR count). The van der Waals surface area contributed by atoms with E-state index in [9.17, 15) is 12.8 Å². The number of pyridine rings is 1. The van der Waals surface area contributed by atoms with Crippen LogP contribution >= 0.6 is 0 Å². The van der Waals surface area contributed by atoms with Gasteiger partial charge in [-0.25, -0.2) is 17.8 Å².